The molecule has 0 aromatic carbocycles. The van der Waals surface area contributed by atoms with Gasteiger partial charge in [0.15, 0.2) is 5.76 Å². The van der Waals surface area contributed by atoms with Gasteiger partial charge in [-0.05, 0) is 31.8 Å². The van der Waals surface area contributed by atoms with Crippen molar-refractivity contribution in [2.45, 2.75) is 39.3 Å². The lowest BCUT2D eigenvalue weighted by molar-refractivity contribution is 0.219. The van der Waals surface area contributed by atoms with Crippen molar-refractivity contribution in [1.82, 2.24) is 15.4 Å². The number of nitrogens with zero attached hydrogens (tertiary/aromatic N) is 2. The predicted octanol–water partition coefficient (Wildman–Crippen LogP) is 1.88. The molecule has 4 nitrogen and oxygen atoms in total. The highest BCUT2D eigenvalue weighted by molar-refractivity contribution is 4.93. The van der Waals surface area contributed by atoms with Crippen LogP contribution in [0.1, 0.15) is 32.4 Å². The van der Waals surface area contributed by atoms with Crippen molar-refractivity contribution in [3.05, 3.63) is 18.0 Å². The van der Waals surface area contributed by atoms with E-state index in [2.05, 4.69) is 29.2 Å². The van der Waals surface area contributed by atoms with Crippen molar-refractivity contribution in [2.24, 2.45) is 5.92 Å². The van der Waals surface area contributed by atoms with Crippen molar-refractivity contribution < 1.29 is 4.52 Å². The first-order chi connectivity index (χ1) is 8.24. The third-order valence-corrected chi connectivity index (χ3v) is 3.19. The summed E-state index contributed by atoms with van der Waals surface area (Å²) in [7, 11) is 0. The largest absolute Gasteiger partial charge is 0.360 e. The van der Waals surface area contributed by atoms with Gasteiger partial charge in [0.05, 0.1) is 12.7 Å². The maximum Gasteiger partial charge on any atom is 0.150 e. The van der Waals surface area contributed by atoms with Crippen LogP contribution < -0.4 is 5.32 Å². The van der Waals surface area contributed by atoms with Gasteiger partial charge >= 0.3 is 0 Å². The van der Waals surface area contributed by atoms with Gasteiger partial charge in [0, 0.05) is 18.7 Å². The van der Waals surface area contributed by atoms with Gasteiger partial charge in [0.1, 0.15) is 0 Å². The first kappa shape index (κ1) is 12.6. The molecular weight excluding hydrogens is 214 g/mol. The maximum atomic E-state index is 5.18. The van der Waals surface area contributed by atoms with E-state index in [1.54, 1.807) is 6.20 Å². The first-order valence-electron chi connectivity index (χ1n) is 6.59. The lowest BCUT2D eigenvalue weighted by Gasteiger charge is -2.24. The van der Waals surface area contributed by atoms with Gasteiger partial charge < -0.3 is 9.84 Å². The Morgan fingerprint density at radius 3 is 3.18 bits per heavy atom. The monoisotopic (exact) mass is 237 g/mol. The molecule has 4 heteroatoms. The number of hydrogen-bond acceptors (Lipinski definition) is 4. The van der Waals surface area contributed by atoms with Crippen LogP contribution in [0.3, 0.4) is 0 Å². The molecule has 0 saturated carbocycles. The molecule has 0 bridgehead atoms. The zero-order valence-corrected chi connectivity index (χ0v) is 10.9. The van der Waals surface area contributed by atoms with E-state index in [1.165, 1.54) is 12.8 Å². The number of nitrogens with one attached hydrogen (secondary N) is 1. The topological polar surface area (TPSA) is 41.3 Å². The van der Waals surface area contributed by atoms with E-state index in [-0.39, 0.29) is 0 Å². The fraction of sp³-hybridized carbons (Fsp3) is 0.769. The molecule has 2 rings (SSSR count). The maximum absolute atomic E-state index is 5.18. The van der Waals surface area contributed by atoms with Crippen molar-refractivity contribution >= 4 is 0 Å². The molecule has 17 heavy (non-hydrogen) atoms. The third kappa shape index (κ3) is 4.13. The summed E-state index contributed by atoms with van der Waals surface area (Å²) in [6.07, 6.45) is 4.17. The summed E-state index contributed by atoms with van der Waals surface area (Å²) in [6.45, 7) is 8.84. The molecule has 1 unspecified atom stereocenters. The third-order valence-electron chi connectivity index (χ3n) is 3.19. The lowest BCUT2D eigenvalue weighted by Crippen LogP contribution is -2.38. The van der Waals surface area contributed by atoms with Gasteiger partial charge in [-0.15, -0.1) is 0 Å². The summed E-state index contributed by atoms with van der Waals surface area (Å²) in [5.74, 6) is 1.72. The average Bonchev–Trinajstić information content (AvgIpc) is 2.66. The van der Waals surface area contributed by atoms with Crippen LogP contribution in [0.5, 0.6) is 0 Å². The molecule has 1 aliphatic heterocycles. The SMILES string of the molecule is CC(C)CC1CN(Cc2ccno2)CCCN1. The average molecular weight is 237 g/mol. The summed E-state index contributed by atoms with van der Waals surface area (Å²) >= 11 is 0. The van der Waals surface area contributed by atoms with Gasteiger partial charge in [0.25, 0.3) is 0 Å². The van der Waals surface area contributed by atoms with Crippen LogP contribution in [0.15, 0.2) is 16.8 Å². The molecule has 1 aliphatic rings. The highest BCUT2D eigenvalue weighted by Gasteiger charge is 2.19. The molecule has 1 fully saturated rings. The Bertz CT molecular complexity index is 310. The van der Waals surface area contributed by atoms with Crippen molar-refractivity contribution in [3.8, 4) is 0 Å². The van der Waals surface area contributed by atoms with Crippen molar-refractivity contribution in [1.29, 1.82) is 0 Å². The molecule has 0 spiro atoms. The smallest absolute Gasteiger partial charge is 0.150 e. The van der Waals surface area contributed by atoms with Crippen molar-refractivity contribution in [2.75, 3.05) is 19.6 Å². The Balaban J connectivity index is 1.88. The molecule has 1 aromatic rings. The fourth-order valence-electron chi connectivity index (χ4n) is 2.49. The quantitative estimate of drug-likeness (QED) is 0.868. The minimum atomic E-state index is 0.612. The summed E-state index contributed by atoms with van der Waals surface area (Å²) in [6, 6.07) is 2.57. The second-order valence-corrected chi connectivity index (χ2v) is 5.35. The Kier molecular flexibility index (Phi) is 4.57. The van der Waals surface area contributed by atoms with E-state index in [9.17, 15) is 0 Å². The normalized spacial score (nSPS) is 22.9. The number of rotatable bonds is 4. The van der Waals surface area contributed by atoms with Gasteiger partial charge in [0.2, 0.25) is 0 Å². The second kappa shape index (κ2) is 6.17. The molecule has 96 valence electrons. The Labute approximate surface area is 103 Å². The Morgan fingerprint density at radius 1 is 1.59 bits per heavy atom. The fourth-order valence-corrected chi connectivity index (χ4v) is 2.49. The van der Waals surface area contributed by atoms with Crippen LogP contribution in [0.4, 0.5) is 0 Å². The van der Waals surface area contributed by atoms with Crippen LogP contribution in [0.2, 0.25) is 0 Å². The second-order valence-electron chi connectivity index (χ2n) is 5.35. The van der Waals surface area contributed by atoms with E-state index < -0.39 is 0 Å². The number of hydrogen-bond donors (Lipinski definition) is 1. The minimum Gasteiger partial charge on any atom is -0.360 e. The van der Waals surface area contributed by atoms with Crippen LogP contribution in [-0.2, 0) is 6.54 Å². The molecule has 2 heterocycles. The Hall–Kier alpha value is -0.870. The number of aromatic nitrogens is 1. The first-order valence-corrected chi connectivity index (χ1v) is 6.59. The van der Waals surface area contributed by atoms with Crippen LogP contribution in [0.25, 0.3) is 0 Å². The summed E-state index contributed by atoms with van der Waals surface area (Å²) < 4.78 is 5.18. The zero-order valence-electron chi connectivity index (χ0n) is 10.9. The van der Waals surface area contributed by atoms with Crippen molar-refractivity contribution in [3.63, 3.8) is 0 Å². The zero-order chi connectivity index (χ0) is 12.1. The van der Waals surface area contributed by atoms with Crippen LogP contribution >= 0.6 is 0 Å². The molecular formula is C13H23N3O. The van der Waals surface area contributed by atoms with E-state index in [0.29, 0.717) is 6.04 Å². The molecule has 1 saturated heterocycles. The van der Waals surface area contributed by atoms with E-state index in [1.807, 2.05) is 6.07 Å². The summed E-state index contributed by atoms with van der Waals surface area (Å²) in [5.41, 5.74) is 0. The highest BCUT2D eigenvalue weighted by atomic mass is 16.5. The summed E-state index contributed by atoms with van der Waals surface area (Å²) in [4.78, 5) is 2.47. The van der Waals surface area contributed by atoms with E-state index >= 15 is 0 Å². The van der Waals surface area contributed by atoms with Crippen LogP contribution in [-0.4, -0.2) is 35.7 Å². The van der Waals surface area contributed by atoms with Crippen LogP contribution in [0, 0.1) is 5.92 Å². The van der Waals surface area contributed by atoms with E-state index in [4.69, 9.17) is 4.52 Å². The van der Waals surface area contributed by atoms with Gasteiger partial charge in [-0.25, -0.2) is 0 Å². The lowest BCUT2D eigenvalue weighted by atomic mass is 10.0. The van der Waals surface area contributed by atoms with Gasteiger partial charge in [-0.3, -0.25) is 4.90 Å². The molecule has 0 radical (unpaired) electrons. The Morgan fingerprint density at radius 2 is 2.47 bits per heavy atom. The van der Waals surface area contributed by atoms with E-state index in [0.717, 1.165) is 37.9 Å². The molecule has 1 N–H and O–H groups in total. The molecule has 0 amide bonds. The van der Waals surface area contributed by atoms with Gasteiger partial charge in [-0.2, -0.15) is 0 Å². The minimum absolute atomic E-state index is 0.612. The summed E-state index contributed by atoms with van der Waals surface area (Å²) in [5, 5.41) is 7.40. The molecule has 0 aliphatic carbocycles. The molecule has 1 atom stereocenters. The highest BCUT2D eigenvalue weighted by Crippen LogP contribution is 2.12. The standard InChI is InChI=1S/C13H23N3O/c1-11(2)8-12-9-16(7-3-5-14-12)10-13-4-6-15-17-13/h4,6,11-12,14H,3,5,7-10H2,1-2H3. The predicted molar refractivity (Wildman–Crippen MR) is 67.6 cm³/mol. The molecule has 1 aromatic heterocycles. The van der Waals surface area contributed by atoms with Gasteiger partial charge in [-0.1, -0.05) is 19.0 Å².